The van der Waals surface area contributed by atoms with Gasteiger partial charge in [-0.1, -0.05) is 23.2 Å². The normalized spacial score (nSPS) is 16.8. The predicted molar refractivity (Wildman–Crippen MR) is 118 cm³/mol. The Labute approximate surface area is 194 Å². The summed E-state index contributed by atoms with van der Waals surface area (Å²) in [4.78, 5) is 39.1. The first-order valence-corrected chi connectivity index (χ1v) is 10.8. The molecule has 0 aliphatic carbocycles. The molecule has 2 unspecified atom stereocenters. The van der Waals surface area contributed by atoms with Crippen LogP contribution in [0.1, 0.15) is 30.1 Å². The fraction of sp³-hybridized carbons (Fsp3) is 0.318. The van der Waals surface area contributed by atoms with Crippen LogP contribution in [0.25, 0.3) is 0 Å². The second kappa shape index (κ2) is 10.7. The molecule has 2 atom stereocenters. The molecular weight excluding hydrogens is 460 g/mol. The van der Waals surface area contributed by atoms with Gasteiger partial charge in [0.1, 0.15) is 11.6 Å². The highest BCUT2D eigenvalue weighted by atomic mass is 35.5. The van der Waals surface area contributed by atoms with Crippen LogP contribution in [0, 0.1) is 11.7 Å². The number of benzene rings is 2. The number of halogens is 3. The number of nitrogens with zero attached hydrogens (tertiary/aromatic N) is 1. The van der Waals surface area contributed by atoms with Crippen molar-refractivity contribution in [2.24, 2.45) is 5.92 Å². The van der Waals surface area contributed by atoms with Crippen molar-refractivity contribution < 1.29 is 23.5 Å². The summed E-state index contributed by atoms with van der Waals surface area (Å²) in [6.07, 6.45) is 0.303. The highest BCUT2D eigenvalue weighted by Crippen LogP contribution is 2.25. The number of amides is 3. The fourth-order valence-corrected chi connectivity index (χ4v) is 3.58. The van der Waals surface area contributed by atoms with Crippen molar-refractivity contribution >= 4 is 40.9 Å². The molecule has 0 saturated carbocycles. The summed E-state index contributed by atoms with van der Waals surface area (Å²) in [5, 5.41) is 0.635. The average Bonchev–Trinajstić information content (AvgIpc) is 2.80. The quantitative estimate of drug-likeness (QED) is 0.638. The minimum Gasteiger partial charge on any atom is -0.481 e. The predicted octanol–water partition coefficient (Wildman–Crippen LogP) is 3.60. The van der Waals surface area contributed by atoms with E-state index < -0.39 is 29.7 Å². The fourth-order valence-electron chi connectivity index (χ4n) is 3.29. The molecule has 32 heavy (non-hydrogen) atoms. The average molecular weight is 482 g/mol. The Morgan fingerprint density at radius 3 is 2.50 bits per heavy atom. The number of piperidine rings is 1. The standard InChI is InChI=1S/C22H22Cl2FN3O4/c1-13(32-17-7-5-16(25)6-8-17)20(29)26-27-21(30)15-3-2-10-28(12-15)22(31)14-4-9-18(23)19(24)11-14/h4-9,11,13,15H,2-3,10,12H2,1H3,(H,26,29)(H,27,30). The lowest BCUT2D eigenvalue weighted by Crippen LogP contribution is -2.52. The Kier molecular flexibility index (Phi) is 7.93. The Morgan fingerprint density at radius 2 is 1.81 bits per heavy atom. The lowest BCUT2D eigenvalue weighted by molar-refractivity contribution is -0.135. The first-order chi connectivity index (χ1) is 15.2. The summed E-state index contributed by atoms with van der Waals surface area (Å²) < 4.78 is 18.4. The largest absolute Gasteiger partial charge is 0.481 e. The van der Waals surface area contributed by atoms with Crippen LogP contribution in [0.2, 0.25) is 10.0 Å². The highest BCUT2D eigenvalue weighted by Gasteiger charge is 2.29. The van der Waals surface area contributed by atoms with Crippen molar-refractivity contribution in [1.29, 1.82) is 0 Å². The van der Waals surface area contributed by atoms with Crippen LogP contribution >= 0.6 is 23.2 Å². The summed E-state index contributed by atoms with van der Waals surface area (Å²) in [5.41, 5.74) is 5.11. The number of hydrazine groups is 1. The molecule has 170 valence electrons. The monoisotopic (exact) mass is 481 g/mol. The summed E-state index contributed by atoms with van der Waals surface area (Å²) in [6, 6.07) is 9.88. The molecular formula is C22H22Cl2FN3O4. The third kappa shape index (κ3) is 6.11. The molecule has 2 aromatic rings. The second-order valence-electron chi connectivity index (χ2n) is 7.41. The number of carbonyl (C=O) groups excluding carboxylic acids is 3. The molecule has 0 spiro atoms. The van der Waals surface area contributed by atoms with E-state index in [4.69, 9.17) is 27.9 Å². The van der Waals surface area contributed by atoms with Gasteiger partial charge in [-0.15, -0.1) is 0 Å². The molecule has 2 N–H and O–H groups in total. The lowest BCUT2D eigenvalue weighted by Gasteiger charge is -2.32. The number of hydrogen-bond donors (Lipinski definition) is 2. The molecule has 3 rings (SSSR count). The van der Waals surface area contributed by atoms with Gasteiger partial charge in [-0.25, -0.2) is 4.39 Å². The first kappa shape index (κ1) is 23.8. The molecule has 2 aromatic carbocycles. The van der Waals surface area contributed by atoms with E-state index in [2.05, 4.69) is 10.9 Å². The number of rotatable bonds is 5. The highest BCUT2D eigenvalue weighted by molar-refractivity contribution is 6.42. The first-order valence-electron chi connectivity index (χ1n) is 10.0. The smallest absolute Gasteiger partial charge is 0.279 e. The minimum absolute atomic E-state index is 0.211. The number of nitrogens with one attached hydrogen (secondary N) is 2. The van der Waals surface area contributed by atoms with Crippen LogP contribution in [0.3, 0.4) is 0 Å². The third-order valence-electron chi connectivity index (χ3n) is 5.05. The summed E-state index contributed by atoms with van der Waals surface area (Å²) in [7, 11) is 0. The maximum absolute atomic E-state index is 13.0. The van der Waals surface area contributed by atoms with E-state index in [0.29, 0.717) is 35.7 Å². The Bertz CT molecular complexity index is 1000. The zero-order chi connectivity index (χ0) is 23.3. The Balaban J connectivity index is 1.51. The van der Waals surface area contributed by atoms with E-state index in [1.807, 2.05) is 0 Å². The van der Waals surface area contributed by atoms with Crippen LogP contribution in [0.5, 0.6) is 5.75 Å². The van der Waals surface area contributed by atoms with Crippen molar-refractivity contribution in [2.75, 3.05) is 13.1 Å². The molecule has 1 aliphatic rings. The van der Waals surface area contributed by atoms with Crippen LogP contribution in [-0.2, 0) is 9.59 Å². The van der Waals surface area contributed by atoms with Crippen molar-refractivity contribution in [3.05, 3.63) is 63.9 Å². The van der Waals surface area contributed by atoms with Crippen molar-refractivity contribution in [3.8, 4) is 5.75 Å². The molecule has 0 bridgehead atoms. The van der Waals surface area contributed by atoms with Crippen LogP contribution in [0.4, 0.5) is 4.39 Å². The van der Waals surface area contributed by atoms with Gasteiger partial charge in [0, 0.05) is 18.7 Å². The van der Waals surface area contributed by atoms with Crippen molar-refractivity contribution in [1.82, 2.24) is 15.8 Å². The van der Waals surface area contributed by atoms with Crippen LogP contribution in [0.15, 0.2) is 42.5 Å². The molecule has 10 heteroatoms. The number of hydrogen-bond acceptors (Lipinski definition) is 4. The summed E-state index contributed by atoms with van der Waals surface area (Å²) in [6.45, 7) is 2.23. The topological polar surface area (TPSA) is 87.7 Å². The molecule has 0 aromatic heterocycles. The zero-order valence-corrected chi connectivity index (χ0v) is 18.8. The van der Waals surface area contributed by atoms with Crippen molar-refractivity contribution in [3.63, 3.8) is 0 Å². The van der Waals surface area contributed by atoms with Gasteiger partial charge in [-0.05, 0) is 62.2 Å². The van der Waals surface area contributed by atoms with E-state index in [1.165, 1.54) is 37.3 Å². The Hall–Kier alpha value is -2.84. The van der Waals surface area contributed by atoms with Gasteiger partial charge in [-0.2, -0.15) is 0 Å². The molecule has 1 aliphatic heterocycles. The zero-order valence-electron chi connectivity index (χ0n) is 17.2. The SMILES string of the molecule is CC(Oc1ccc(F)cc1)C(=O)NNC(=O)C1CCCN(C(=O)c2ccc(Cl)c(Cl)c2)C1. The van der Waals surface area contributed by atoms with Gasteiger partial charge in [0.25, 0.3) is 11.8 Å². The molecule has 0 radical (unpaired) electrons. The maximum atomic E-state index is 13.0. The lowest BCUT2D eigenvalue weighted by atomic mass is 9.96. The van der Waals surface area contributed by atoms with E-state index in [1.54, 1.807) is 17.0 Å². The second-order valence-corrected chi connectivity index (χ2v) is 8.23. The van der Waals surface area contributed by atoms with E-state index in [9.17, 15) is 18.8 Å². The number of ether oxygens (including phenoxy) is 1. The third-order valence-corrected chi connectivity index (χ3v) is 5.79. The van der Waals surface area contributed by atoms with Gasteiger partial charge in [0.05, 0.1) is 16.0 Å². The summed E-state index contributed by atoms with van der Waals surface area (Å²) >= 11 is 11.9. The van der Waals surface area contributed by atoms with Gasteiger partial charge >= 0.3 is 0 Å². The molecule has 7 nitrogen and oxygen atoms in total. The number of carbonyl (C=O) groups is 3. The van der Waals surface area contributed by atoms with Gasteiger partial charge in [-0.3, -0.25) is 25.2 Å². The van der Waals surface area contributed by atoms with E-state index in [0.717, 1.165) is 0 Å². The molecule has 1 fully saturated rings. The van der Waals surface area contributed by atoms with Crippen LogP contribution < -0.4 is 15.6 Å². The Morgan fingerprint density at radius 1 is 1.09 bits per heavy atom. The molecule has 1 saturated heterocycles. The van der Waals surface area contributed by atoms with Crippen LogP contribution in [-0.4, -0.2) is 41.8 Å². The van der Waals surface area contributed by atoms with Crippen molar-refractivity contribution in [2.45, 2.75) is 25.9 Å². The molecule has 3 amide bonds. The van der Waals surface area contributed by atoms with E-state index >= 15 is 0 Å². The van der Waals surface area contributed by atoms with Gasteiger partial charge in [0.15, 0.2) is 6.10 Å². The number of likely N-dealkylation sites (tertiary alicyclic amines) is 1. The van der Waals surface area contributed by atoms with Gasteiger partial charge in [0.2, 0.25) is 5.91 Å². The summed E-state index contributed by atoms with van der Waals surface area (Å²) in [5.74, 6) is -1.79. The van der Waals surface area contributed by atoms with E-state index in [-0.39, 0.29) is 17.5 Å². The maximum Gasteiger partial charge on any atom is 0.279 e. The van der Waals surface area contributed by atoms with Gasteiger partial charge < -0.3 is 9.64 Å². The molecule has 1 heterocycles. The minimum atomic E-state index is -0.917.